The highest BCUT2D eigenvalue weighted by molar-refractivity contribution is 5.93. The molecule has 30 heavy (non-hydrogen) atoms. The van der Waals surface area contributed by atoms with Gasteiger partial charge < -0.3 is 29.4 Å². The van der Waals surface area contributed by atoms with E-state index in [1.54, 1.807) is 4.57 Å². The predicted octanol–water partition coefficient (Wildman–Crippen LogP) is 2.73. The molecule has 1 aromatic heterocycles. The van der Waals surface area contributed by atoms with Crippen LogP contribution in [0.1, 0.15) is 32.7 Å². The second kappa shape index (κ2) is 6.87. The lowest BCUT2D eigenvalue weighted by Gasteiger charge is -2.31. The van der Waals surface area contributed by atoms with Gasteiger partial charge in [0.2, 0.25) is 5.43 Å². The van der Waals surface area contributed by atoms with Crippen LogP contribution in [0, 0.1) is 11.7 Å². The van der Waals surface area contributed by atoms with Crippen molar-refractivity contribution in [3.05, 3.63) is 28.3 Å². The van der Waals surface area contributed by atoms with E-state index in [0.717, 1.165) is 19.4 Å². The summed E-state index contributed by atoms with van der Waals surface area (Å²) in [6, 6.07) is 1.76. The van der Waals surface area contributed by atoms with E-state index in [1.807, 2.05) is 11.8 Å². The minimum absolute atomic E-state index is 0.0555. The van der Waals surface area contributed by atoms with Crippen molar-refractivity contribution in [2.24, 2.45) is 5.92 Å². The number of hydrogen-bond acceptors (Lipinski definition) is 6. The molecule has 160 valence electrons. The maximum Gasteiger partial charge on any atom is 0.511 e. The van der Waals surface area contributed by atoms with Gasteiger partial charge in [-0.2, -0.15) is 0 Å². The summed E-state index contributed by atoms with van der Waals surface area (Å²) in [5, 5.41) is 12.6. The van der Waals surface area contributed by atoms with Gasteiger partial charge in [-0.1, -0.05) is 0 Å². The molecule has 2 fully saturated rings. The third kappa shape index (κ3) is 2.91. The molecule has 3 aliphatic rings. The molecule has 4 atom stereocenters. The second-order valence-electron chi connectivity index (χ2n) is 8.61. The molecule has 0 radical (unpaired) electrons. The summed E-state index contributed by atoms with van der Waals surface area (Å²) in [7, 11) is 0. The Hall–Kier alpha value is -2.81. The first-order valence-electron chi connectivity index (χ1n) is 10.3. The number of ether oxygens (including phenoxy) is 2. The molecule has 2 unspecified atom stereocenters. The molecular formula is C21H24FN3O5. The molecule has 2 N–H and O–H groups in total. The van der Waals surface area contributed by atoms with Gasteiger partial charge in [0.1, 0.15) is 12.3 Å². The Morgan fingerprint density at radius 1 is 1.33 bits per heavy atom. The van der Waals surface area contributed by atoms with Crippen LogP contribution in [0.5, 0.6) is 11.5 Å². The molecule has 0 spiro atoms. The van der Waals surface area contributed by atoms with E-state index in [2.05, 4.69) is 17.0 Å². The first kappa shape index (κ1) is 19.2. The summed E-state index contributed by atoms with van der Waals surface area (Å²) in [6.45, 7) is 5.73. The van der Waals surface area contributed by atoms with Gasteiger partial charge in [0.05, 0.1) is 23.1 Å². The number of benzene rings is 1. The topological polar surface area (TPSA) is 93.0 Å². The molecule has 0 aliphatic carbocycles. The molecular weight excluding hydrogens is 393 g/mol. The Kier molecular flexibility index (Phi) is 4.39. The van der Waals surface area contributed by atoms with Crippen molar-refractivity contribution >= 4 is 22.7 Å². The van der Waals surface area contributed by atoms with E-state index >= 15 is 4.39 Å². The average Bonchev–Trinajstić information content (AvgIpc) is 3.09. The zero-order chi connectivity index (χ0) is 21.2. The van der Waals surface area contributed by atoms with Crippen molar-refractivity contribution in [3.8, 4) is 11.5 Å². The van der Waals surface area contributed by atoms with Gasteiger partial charge in [-0.15, -0.1) is 0 Å². The summed E-state index contributed by atoms with van der Waals surface area (Å²) in [4.78, 5) is 25.8. The number of nitrogens with zero attached hydrogens (tertiary/aromatic N) is 2. The summed E-state index contributed by atoms with van der Waals surface area (Å²) in [5.74, 6) is -0.101. The summed E-state index contributed by atoms with van der Waals surface area (Å²) in [6.07, 6.45) is 1.99. The largest absolute Gasteiger partial charge is 0.511 e. The van der Waals surface area contributed by atoms with Crippen molar-refractivity contribution in [2.75, 3.05) is 24.6 Å². The summed E-state index contributed by atoms with van der Waals surface area (Å²) < 4.78 is 27.7. The highest BCUT2D eigenvalue weighted by Crippen LogP contribution is 2.44. The van der Waals surface area contributed by atoms with Crippen LogP contribution in [0.25, 0.3) is 10.9 Å². The number of rotatable bonds is 2. The van der Waals surface area contributed by atoms with Gasteiger partial charge in [-0.05, 0) is 38.7 Å². The second-order valence-corrected chi connectivity index (χ2v) is 8.61. The van der Waals surface area contributed by atoms with Crippen LogP contribution in [0.3, 0.4) is 0 Å². The number of halogens is 1. The lowest BCUT2D eigenvalue weighted by molar-refractivity contribution is 0.143. The Morgan fingerprint density at radius 2 is 2.13 bits per heavy atom. The van der Waals surface area contributed by atoms with E-state index < -0.39 is 17.4 Å². The molecule has 1 aromatic carbocycles. The fourth-order valence-corrected chi connectivity index (χ4v) is 5.10. The van der Waals surface area contributed by atoms with Crippen LogP contribution in [0.2, 0.25) is 0 Å². The van der Waals surface area contributed by atoms with Crippen molar-refractivity contribution in [1.29, 1.82) is 0 Å². The highest BCUT2D eigenvalue weighted by atomic mass is 19.1. The van der Waals surface area contributed by atoms with Crippen LogP contribution in [-0.4, -0.2) is 47.6 Å². The number of hydrogen-bond donors (Lipinski definition) is 2. The number of pyridine rings is 1. The van der Waals surface area contributed by atoms with E-state index in [0.29, 0.717) is 41.5 Å². The van der Waals surface area contributed by atoms with Gasteiger partial charge in [0.15, 0.2) is 17.3 Å². The van der Waals surface area contributed by atoms with Crippen LogP contribution < -0.4 is 25.1 Å². The third-order valence-corrected chi connectivity index (χ3v) is 6.53. The normalized spacial score (nSPS) is 27.6. The Bertz CT molecular complexity index is 1100. The first-order chi connectivity index (χ1) is 14.3. The van der Waals surface area contributed by atoms with E-state index in [9.17, 15) is 9.59 Å². The smallest absolute Gasteiger partial charge is 0.487 e. The minimum Gasteiger partial charge on any atom is -0.487 e. The number of piperidine rings is 1. The summed E-state index contributed by atoms with van der Waals surface area (Å²) >= 11 is 0. The number of fused-ring (bicyclic) bond motifs is 1. The fraction of sp³-hybridized carbons (Fsp3) is 0.524. The molecule has 9 heteroatoms. The molecule has 5 rings (SSSR count). The van der Waals surface area contributed by atoms with Crippen LogP contribution in [0.4, 0.5) is 14.9 Å². The summed E-state index contributed by atoms with van der Waals surface area (Å²) in [5.41, 5.74) is 0.182. The first-order valence-corrected chi connectivity index (χ1v) is 10.3. The quantitative estimate of drug-likeness (QED) is 0.726. The third-order valence-electron chi connectivity index (χ3n) is 6.53. The minimum atomic E-state index is -1.59. The zero-order valence-electron chi connectivity index (χ0n) is 16.9. The molecule has 2 aromatic rings. The monoisotopic (exact) mass is 417 g/mol. The van der Waals surface area contributed by atoms with Crippen molar-refractivity contribution in [1.82, 2.24) is 9.88 Å². The average molecular weight is 417 g/mol. The Balaban J connectivity index is 1.66. The van der Waals surface area contributed by atoms with Crippen molar-refractivity contribution < 1.29 is 23.8 Å². The van der Waals surface area contributed by atoms with Gasteiger partial charge in [-0.25, -0.2) is 9.18 Å². The number of carboxylic acid groups (broad SMARTS) is 1. The molecule has 0 saturated carbocycles. The van der Waals surface area contributed by atoms with E-state index in [4.69, 9.17) is 9.84 Å². The van der Waals surface area contributed by atoms with E-state index in [-0.39, 0.29) is 23.8 Å². The molecule has 0 bridgehead atoms. The predicted molar refractivity (Wildman–Crippen MR) is 108 cm³/mol. The molecule has 8 nitrogen and oxygen atoms in total. The number of aromatic nitrogens is 1. The highest BCUT2D eigenvalue weighted by Gasteiger charge is 2.39. The van der Waals surface area contributed by atoms with E-state index in [1.165, 1.54) is 12.3 Å². The van der Waals surface area contributed by atoms with Gasteiger partial charge >= 0.3 is 6.16 Å². The number of anilines is 1. The lowest BCUT2D eigenvalue weighted by Crippen LogP contribution is -2.46. The van der Waals surface area contributed by atoms with Crippen molar-refractivity contribution in [3.63, 3.8) is 0 Å². The van der Waals surface area contributed by atoms with Crippen LogP contribution in [0.15, 0.2) is 17.1 Å². The van der Waals surface area contributed by atoms with Gasteiger partial charge in [0, 0.05) is 25.2 Å². The molecule has 2 saturated heterocycles. The lowest BCUT2D eigenvalue weighted by atomic mass is 9.91. The number of nitrogens with one attached hydrogen (secondary N) is 1. The van der Waals surface area contributed by atoms with Gasteiger partial charge in [0.25, 0.3) is 0 Å². The fourth-order valence-electron chi connectivity index (χ4n) is 5.10. The molecule has 4 heterocycles. The molecule has 0 amide bonds. The van der Waals surface area contributed by atoms with Crippen LogP contribution >= 0.6 is 0 Å². The Labute approximate surface area is 172 Å². The maximum atomic E-state index is 15.4. The zero-order valence-corrected chi connectivity index (χ0v) is 16.9. The van der Waals surface area contributed by atoms with Gasteiger partial charge in [-0.3, -0.25) is 4.79 Å². The standard InChI is InChI=1S/C21H24FN3O5/c1-10-3-4-12-6-24(7-15(12)23-10)18-14(22)5-13-17-20(18)29-9-11(2)25(17)8-16(19(13)26)30-21(27)28/h5,8,10-12,15,23H,3-4,6-7,9H2,1-2H3,(H,27,28)/t10?,11?,12-,15-/m1/s1. The maximum absolute atomic E-state index is 15.4. The number of carbonyl (C=O) groups is 1. The Morgan fingerprint density at radius 3 is 2.90 bits per heavy atom. The SMILES string of the molecule is CC1CC[C@@H]2CN(c3c(F)cc4c(=O)c(OC(=O)O)cn5c4c3OCC5C)C[C@H]2N1. The van der Waals surface area contributed by atoms with Crippen LogP contribution in [-0.2, 0) is 0 Å². The molecule has 3 aliphatic heterocycles. The van der Waals surface area contributed by atoms with Crippen molar-refractivity contribution in [2.45, 2.75) is 44.8 Å².